The van der Waals surface area contributed by atoms with Crippen LogP contribution in [0, 0.1) is 0 Å². The molecule has 3 rings (SSSR count). The summed E-state index contributed by atoms with van der Waals surface area (Å²) in [5.41, 5.74) is 5.95. The molecule has 0 spiro atoms. The molecule has 2 atom stereocenters. The lowest BCUT2D eigenvalue weighted by atomic mass is 9.98. The van der Waals surface area contributed by atoms with Crippen molar-refractivity contribution in [2.75, 3.05) is 20.4 Å². The summed E-state index contributed by atoms with van der Waals surface area (Å²) in [6.07, 6.45) is 2.22. The smallest absolute Gasteiger partial charge is 0.232 e. The molecular formula is C11H16N2O2S. The zero-order valence-electron chi connectivity index (χ0n) is 9.31. The lowest BCUT2D eigenvalue weighted by Crippen LogP contribution is -2.42. The highest BCUT2D eigenvalue weighted by Crippen LogP contribution is 2.45. The summed E-state index contributed by atoms with van der Waals surface area (Å²) in [7, 11) is 2.14. The zero-order valence-corrected chi connectivity index (χ0v) is 10.1. The predicted octanol–water partition coefficient (Wildman–Crippen LogP) is 1.57. The van der Waals surface area contributed by atoms with Crippen LogP contribution < -0.4 is 15.2 Å². The van der Waals surface area contributed by atoms with Gasteiger partial charge in [0.2, 0.25) is 11.9 Å². The number of likely N-dealkylation sites (tertiary alicyclic amines) is 1. The molecule has 88 valence electrons. The van der Waals surface area contributed by atoms with Crippen LogP contribution in [0.15, 0.2) is 6.07 Å². The quantitative estimate of drug-likeness (QED) is 0.809. The molecule has 5 heteroatoms. The van der Waals surface area contributed by atoms with Crippen LogP contribution in [0.2, 0.25) is 0 Å². The monoisotopic (exact) mass is 240 g/mol. The number of fused-ring (bicyclic) bond motifs is 1. The van der Waals surface area contributed by atoms with E-state index in [1.165, 1.54) is 4.88 Å². The van der Waals surface area contributed by atoms with E-state index in [1.54, 1.807) is 11.3 Å². The minimum Gasteiger partial charge on any atom is -0.453 e. The lowest BCUT2D eigenvalue weighted by Gasteiger charge is -2.35. The van der Waals surface area contributed by atoms with E-state index in [0.29, 0.717) is 18.9 Å². The van der Waals surface area contributed by atoms with E-state index in [4.69, 9.17) is 15.2 Å². The molecule has 1 saturated heterocycles. The van der Waals surface area contributed by atoms with Crippen molar-refractivity contribution < 1.29 is 9.47 Å². The number of likely N-dealkylation sites (N-methyl/N-ethyl adjacent to an activating group) is 1. The molecule has 0 amide bonds. The van der Waals surface area contributed by atoms with Gasteiger partial charge in [-0.1, -0.05) is 11.3 Å². The van der Waals surface area contributed by atoms with Crippen LogP contribution in [0.4, 0.5) is 0 Å². The average molecular weight is 240 g/mol. The predicted molar refractivity (Wildman–Crippen MR) is 63.0 cm³/mol. The number of hydrogen-bond donors (Lipinski definition) is 1. The van der Waals surface area contributed by atoms with Gasteiger partial charge in [-0.3, -0.25) is 4.90 Å². The Kier molecular flexibility index (Phi) is 2.53. The summed E-state index contributed by atoms with van der Waals surface area (Å²) in [6.45, 7) is 1.34. The van der Waals surface area contributed by atoms with Gasteiger partial charge in [-0.05, 0) is 26.0 Å². The van der Waals surface area contributed by atoms with Crippen molar-refractivity contribution in [1.82, 2.24) is 4.90 Å². The summed E-state index contributed by atoms with van der Waals surface area (Å²) >= 11 is 1.70. The number of ether oxygens (including phenoxy) is 2. The van der Waals surface area contributed by atoms with Gasteiger partial charge in [-0.2, -0.15) is 0 Å². The van der Waals surface area contributed by atoms with E-state index in [0.717, 1.165) is 30.2 Å². The topological polar surface area (TPSA) is 47.7 Å². The zero-order chi connectivity index (χ0) is 11.1. The highest BCUT2D eigenvalue weighted by Gasteiger charge is 2.29. The first kappa shape index (κ1) is 10.4. The normalized spacial score (nSPS) is 29.6. The van der Waals surface area contributed by atoms with Crippen molar-refractivity contribution in [2.24, 2.45) is 5.73 Å². The van der Waals surface area contributed by atoms with E-state index < -0.39 is 0 Å². The van der Waals surface area contributed by atoms with Crippen LogP contribution in [-0.4, -0.2) is 31.3 Å². The van der Waals surface area contributed by atoms with Crippen molar-refractivity contribution in [3.63, 3.8) is 0 Å². The fourth-order valence-electron chi connectivity index (χ4n) is 2.43. The fraction of sp³-hybridized carbons (Fsp3) is 0.636. The largest absolute Gasteiger partial charge is 0.453 e. The standard InChI is InChI=1S/C11H16N2O2S/c1-13-5-7(12)2-3-8(13)10-4-9-11(16-10)15-6-14-9/h4,7-8H,2-3,5-6,12H2,1H3. The van der Waals surface area contributed by atoms with Crippen LogP contribution in [0.25, 0.3) is 0 Å². The van der Waals surface area contributed by atoms with Crippen molar-refractivity contribution in [1.29, 1.82) is 0 Å². The molecule has 2 unspecified atom stereocenters. The van der Waals surface area contributed by atoms with E-state index in [1.807, 2.05) is 0 Å². The number of rotatable bonds is 1. The third kappa shape index (κ3) is 1.69. The summed E-state index contributed by atoms with van der Waals surface area (Å²) in [5, 5.41) is 0.929. The van der Waals surface area contributed by atoms with Gasteiger partial charge in [0.05, 0.1) is 0 Å². The Morgan fingerprint density at radius 1 is 1.44 bits per heavy atom. The van der Waals surface area contributed by atoms with Crippen LogP contribution in [-0.2, 0) is 0 Å². The van der Waals surface area contributed by atoms with Gasteiger partial charge in [-0.25, -0.2) is 0 Å². The molecule has 1 aromatic rings. The number of nitrogens with two attached hydrogens (primary N) is 1. The maximum absolute atomic E-state index is 5.95. The van der Waals surface area contributed by atoms with Gasteiger partial charge >= 0.3 is 0 Å². The van der Waals surface area contributed by atoms with Gasteiger partial charge in [0, 0.05) is 23.5 Å². The summed E-state index contributed by atoms with van der Waals surface area (Å²) < 4.78 is 10.8. The van der Waals surface area contributed by atoms with E-state index >= 15 is 0 Å². The SMILES string of the molecule is CN1CC(N)CCC1c1cc2c(s1)OCO2. The van der Waals surface area contributed by atoms with E-state index in [-0.39, 0.29) is 0 Å². The molecule has 0 aromatic carbocycles. The third-order valence-corrected chi connectivity index (χ3v) is 4.41. The molecule has 16 heavy (non-hydrogen) atoms. The molecule has 0 radical (unpaired) electrons. The molecule has 2 aliphatic heterocycles. The lowest BCUT2D eigenvalue weighted by molar-refractivity contribution is 0.167. The second-order valence-corrected chi connectivity index (χ2v) is 5.55. The Morgan fingerprint density at radius 2 is 2.31 bits per heavy atom. The molecule has 0 aliphatic carbocycles. The second kappa shape index (κ2) is 3.91. The van der Waals surface area contributed by atoms with Crippen LogP contribution >= 0.6 is 11.3 Å². The molecule has 4 nitrogen and oxygen atoms in total. The molecule has 2 aliphatic rings. The van der Waals surface area contributed by atoms with E-state index in [9.17, 15) is 0 Å². The van der Waals surface area contributed by atoms with Gasteiger partial charge in [0.1, 0.15) is 0 Å². The van der Waals surface area contributed by atoms with Crippen LogP contribution in [0.3, 0.4) is 0 Å². The number of nitrogens with zero attached hydrogens (tertiary/aromatic N) is 1. The molecule has 3 heterocycles. The first-order valence-corrected chi connectivity index (χ1v) is 6.41. The minimum atomic E-state index is 0.320. The highest BCUT2D eigenvalue weighted by atomic mass is 32.1. The van der Waals surface area contributed by atoms with Crippen LogP contribution in [0.1, 0.15) is 23.8 Å². The van der Waals surface area contributed by atoms with Gasteiger partial charge in [-0.15, -0.1) is 0 Å². The Bertz CT molecular complexity index is 372. The minimum absolute atomic E-state index is 0.320. The molecule has 1 fully saturated rings. The van der Waals surface area contributed by atoms with Gasteiger partial charge in [0.15, 0.2) is 5.75 Å². The molecule has 2 N–H and O–H groups in total. The Labute approximate surface area is 98.9 Å². The summed E-state index contributed by atoms with van der Waals surface area (Å²) in [6, 6.07) is 2.91. The van der Waals surface area contributed by atoms with E-state index in [2.05, 4.69) is 18.0 Å². The number of hydrogen-bond acceptors (Lipinski definition) is 5. The Balaban J connectivity index is 1.81. The molecule has 0 bridgehead atoms. The van der Waals surface area contributed by atoms with Crippen LogP contribution in [0.5, 0.6) is 10.8 Å². The van der Waals surface area contributed by atoms with Crippen molar-refractivity contribution in [2.45, 2.75) is 24.9 Å². The maximum atomic E-state index is 5.95. The molecular weight excluding hydrogens is 224 g/mol. The molecule has 1 aromatic heterocycles. The van der Waals surface area contributed by atoms with Gasteiger partial charge < -0.3 is 15.2 Å². The van der Waals surface area contributed by atoms with Gasteiger partial charge in [0.25, 0.3) is 0 Å². The summed E-state index contributed by atoms with van der Waals surface area (Å²) in [4.78, 5) is 3.66. The Hall–Kier alpha value is -0.780. The van der Waals surface area contributed by atoms with Crippen molar-refractivity contribution in [3.05, 3.63) is 10.9 Å². The summed E-state index contributed by atoms with van der Waals surface area (Å²) in [5.74, 6) is 0.906. The Morgan fingerprint density at radius 3 is 3.06 bits per heavy atom. The molecule has 0 saturated carbocycles. The average Bonchev–Trinajstić information content (AvgIpc) is 2.76. The first-order chi connectivity index (χ1) is 7.74. The third-order valence-electron chi connectivity index (χ3n) is 3.28. The number of thiophene rings is 1. The number of piperidine rings is 1. The first-order valence-electron chi connectivity index (χ1n) is 5.59. The van der Waals surface area contributed by atoms with Crippen molar-refractivity contribution >= 4 is 11.3 Å². The maximum Gasteiger partial charge on any atom is 0.232 e. The van der Waals surface area contributed by atoms with Crippen molar-refractivity contribution in [3.8, 4) is 10.8 Å². The fourth-order valence-corrected chi connectivity index (χ4v) is 3.57. The second-order valence-electron chi connectivity index (χ2n) is 4.50. The highest BCUT2D eigenvalue weighted by molar-refractivity contribution is 7.14.